The lowest BCUT2D eigenvalue weighted by molar-refractivity contribution is 0.0693. The summed E-state index contributed by atoms with van der Waals surface area (Å²) in [6.45, 7) is 5.49. The summed E-state index contributed by atoms with van der Waals surface area (Å²) in [7, 11) is 0. The number of halogens is 1. The lowest BCUT2D eigenvalue weighted by Crippen LogP contribution is -2.38. The largest absolute Gasteiger partial charge is 0.369 e. The molecule has 0 saturated heterocycles. The highest BCUT2D eigenvalue weighted by Crippen LogP contribution is 2.26. The molecule has 0 bridgehead atoms. The van der Waals surface area contributed by atoms with Crippen LogP contribution in [0.3, 0.4) is 0 Å². The van der Waals surface area contributed by atoms with Crippen molar-refractivity contribution in [3.63, 3.8) is 0 Å². The van der Waals surface area contributed by atoms with Crippen LogP contribution in [0.1, 0.15) is 49.9 Å². The second kappa shape index (κ2) is 6.93. The highest BCUT2D eigenvalue weighted by Gasteiger charge is 2.26. The molecule has 2 rings (SSSR count). The maximum absolute atomic E-state index is 12.6. The first-order chi connectivity index (χ1) is 9.67. The number of nitrogens with zero attached hydrogens (tertiary/aromatic N) is 2. The molecule has 110 valence electrons. The first-order valence-corrected chi connectivity index (χ1v) is 7.75. The molecule has 1 amide bonds. The van der Waals surface area contributed by atoms with Gasteiger partial charge in [-0.2, -0.15) is 0 Å². The third-order valence-electron chi connectivity index (χ3n) is 3.80. The minimum atomic E-state index is 0.0387. The Hall–Kier alpha value is -1.29. The van der Waals surface area contributed by atoms with Crippen molar-refractivity contribution in [2.24, 2.45) is 0 Å². The Balaban J connectivity index is 2.16. The van der Waals surface area contributed by atoms with Gasteiger partial charge in [0.1, 0.15) is 5.82 Å². The smallest absolute Gasteiger partial charge is 0.255 e. The van der Waals surface area contributed by atoms with E-state index in [-0.39, 0.29) is 5.91 Å². The molecule has 1 aromatic heterocycles. The van der Waals surface area contributed by atoms with E-state index in [1.165, 1.54) is 12.8 Å². The molecule has 1 aromatic rings. The third-order valence-corrected chi connectivity index (χ3v) is 4.09. The molecule has 4 nitrogen and oxygen atoms in total. The summed E-state index contributed by atoms with van der Waals surface area (Å²) in [5.74, 6) is 0.673. The van der Waals surface area contributed by atoms with Crippen molar-refractivity contribution in [2.75, 3.05) is 18.4 Å². The number of amides is 1. The van der Waals surface area contributed by atoms with Crippen LogP contribution >= 0.6 is 11.6 Å². The molecule has 20 heavy (non-hydrogen) atoms. The van der Waals surface area contributed by atoms with Crippen LogP contribution in [0, 0.1) is 0 Å². The van der Waals surface area contributed by atoms with Gasteiger partial charge in [-0.05, 0) is 32.8 Å². The van der Waals surface area contributed by atoms with E-state index in [1.807, 2.05) is 18.7 Å². The van der Waals surface area contributed by atoms with Crippen molar-refractivity contribution in [2.45, 2.75) is 45.6 Å². The van der Waals surface area contributed by atoms with Crippen molar-refractivity contribution >= 4 is 23.3 Å². The van der Waals surface area contributed by atoms with Crippen LogP contribution in [-0.2, 0) is 0 Å². The Morgan fingerprint density at radius 1 is 1.45 bits per heavy atom. The maximum Gasteiger partial charge on any atom is 0.255 e. The van der Waals surface area contributed by atoms with Gasteiger partial charge in [0.2, 0.25) is 0 Å². The minimum absolute atomic E-state index is 0.0387. The van der Waals surface area contributed by atoms with Gasteiger partial charge in [0.15, 0.2) is 0 Å². The van der Waals surface area contributed by atoms with Crippen LogP contribution in [0.5, 0.6) is 0 Å². The fourth-order valence-electron chi connectivity index (χ4n) is 2.80. The molecule has 1 saturated carbocycles. The van der Waals surface area contributed by atoms with E-state index in [4.69, 9.17) is 11.6 Å². The van der Waals surface area contributed by atoms with Crippen LogP contribution in [0.2, 0.25) is 5.02 Å². The van der Waals surface area contributed by atoms with Crippen molar-refractivity contribution in [1.82, 2.24) is 9.88 Å². The lowest BCUT2D eigenvalue weighted by atomic mass is 10.1. The zero-order valence-electron chi connectivity index (χ0n) is 12.2. The number of hydrogen-bond acceptors (Lipinski definition) is 3. The summed E-state index contributed by atoms with van der Waals surface area (Å²) in [6.07, 6.45) is 6.26. The third kappa shape index (κ3) is 3.23. The van der Waals surface area contributed by atoms with Crippen molar-refractivity contribution in [3.05, 3.63) is 22.8 Å². The Kier molecular flexibility index (Phi) is 5.24. The number of anilines is 1. The van der Waals surface area contributed by atoms with Crippen LogP contribution in [-0.4, -0.2) is 34.9 Å². The van der Waals surface area contributed by atoms with Crippen LogP contribution in [0.15, 0.2) is 12.3 Å². The first-order valence-electron chi connectivity index (χ1n) is 7.37. The van der Waals surface area contributed by atoms with Gasteiger partial charge in [-0.1, -0.05) is 24.4 Å². The van der Waals surface area contributed by atoms with E-state index < -0.39 is 0 Å². The normalized spacial score (nSPS) is 15.3. The van der Waals surface area contributed by atoms with Crippen LogP contribution in [0.25, 0.3) is 0 Å². The van der Waals surface area contributed by atoms with E-state index in [1.54, 1.807) is 12.3 Å². The van der Waals surface area contributed by atoms with Gasteiger partial charge in [-0.15, -0.1) is 0 Å². The maximum atomic E-state index is 12.6. The molecule has 0 atom stereocenters. The Morgan fingerprint density at radius 3 is 2.70 bits per heavy atom. The standard InChI is InChI=1S/C15H22ClN3O/c1-3-17-14-13(16)9-11(10-18-14)15(20)19(4-2)12-7-5-6-8-12/h9-10,12H,3-8H2,1-2H3,(H,17,18). The first kappa shape index (κ1) is 15.1. The molecule has 0 aliphatic heterocycles. The molecule has 0 unspecified atom stereocenters. The summed E-state index contributed by atoms with van der Waals surface area (Å²) in [5.41, 5.74) is 0.574. The zero-order valence-corrected chi connectivity index (χ0v) is 12.9. The van der Waals surface area contributed by atoms with Gasteiger partial charge in [-0.25, -0.2) is 4.98 Å². The molecule has 1 fully saturated rings. The van der Waals surface area contributed by atoms with Crippen molar-refractivity contribution in [3.8, 4) is 0 Å². The predicted molar refractivity (Wildman–Crippen MR) is 82.4 cm³/mol. The summed E-state index contributed by atoms with van der Waals surface area (Å²) in [6, 6.07) is 2.09. The van der Waals surface area contributed by atoms with Gasteiger partial charge in [0.25, 0.3) is 5.91 Å². The summed E-state index contributed by atoms with van der Waals surface area (Å²) in [5, 5.41) is 3.57. The fourth-order valence-corrected chi connectivity index (χ4v) is 3.03. The van der Waals surface area contributed by atoms with E-state index >= 15 is 0 Å². The molecule has 1 aliphatic carbocycles. The summed E-state index contributed by atoms with van der Waals surface area (Å²) in [4.78, 5) is 18.8. The minimum Gasteiger partial charge on any atom is -0.369 e. The monoisotopic (exact) mass is 295 g/mol. The van der Waals surface area contributed by atoms with E-state index in [2.05, 4.69) is 10.3 Å². The average molecular weight is 296 g/mol. The molecule has 0 radical (unpaired) electrons. The van der Waals surface area contributed by atoms with E-state index in [0.717, 1.165) is 25.9 Å². The molecular formula is C15H22ClN3O. The van der Waals surface area contributed by atoms with Gasteiger partial charge in [-0.3, -0.25) is 4.79 Å². The number of hydrogen-bond donors (Lipinski definition) is 1. The lowest BCUT2D eigenvalue weighted by Gasteiger charge is -2.27. The SMILES string of the molecule is CCNc1ncc(C(=O)N(CC)C2CCCC2)cc1Cl. The predicted octanol–water partition coefficient (Wildman–Crippen LogP) is 3.57. The number of aromatic nitrogens is 1. The van der Waals surface area contributed by atoms with E-state index in [0.29, 0.717) is 22.4 Å². The summed E-state index contributed by atoms with van der Waals surface area (Å²) >= 11 is 6.16. The van der Waals surface area contributed by atoms with E-state index in [9.17, 15) is 4.79 Å². The molecular weight excluding hydrogens is 274 g/mol. The highest BCUT2D eigenvalue weighted by molar-refractivity contribution is 6.33. The van der Waals surface area contributed by atoms with Crippen molar-refractivity contribution < 1.29 is 4.79 Å². The van der Waals surface area contributed by atoms with Gasteiger partial charge >= 0.3 is 0 Å². The molecule has 0 aromatic carbocycles. The molecule has 1 N–H and O–H groups in total. The number of pyridine rings is 1. The van der Waals surface area contributed by atoms with Crippen LogP contribution in [0.4, 0.5) is 5.82 Å². The van der Waals surface area contributed by atoms with Gasteiger partial charge < -0.3 is 10.2 Å². The van der Waals surface area contributed by atoms with Crippen LogP contribution < -0.4 is 5.32 Å². The number of carbonyl (C=O) groups is 1. The Bertz CT molecular complexity index is 472. The Morgan fingerprint density at radius 2 is 2.15 bits per heavy atom. The fraction of sp³-hybridized carbons (Fsp3) is 0.600. The summed E-state index contributed by atoms with van der Waals surface area (Å²) < 4.78 is 0. The van der Waals surface area contributed by atoms with Crippen molar-refractivity contribution in [1.29, 1.82) is 0 Å². The molecule has 5 heteroatoms. The second-order valence-corrected chi connectivity index (χ2v) is 5.52. The average Bonchev–Trinajstić information content (AvgIpc) is 2.96. The topological polar surface area (TPSA) is 45.2 Å². The molecule has 1 aliphatic rings. The van der Waals surface area contributed by atoms with Gasteiger partial charge in [0.05, 0.1) is 10.6 Å². The second-order valence-electron chi connectivity index (χ2n) is 5.11. The highest BCUT2D eigenvalue weighted by atomic mass is 35.5. The zero-order chi connectivity index (χ0) is 14.5. The van der Waals surface area contributed by atoms with Gasteiger partial charge in [0, 0.05) is 25.3 Å². The molecule has 0 spiro atoms. The number of rotatable bonds is 5. The number of carbonyl (C=O) groups excluding carboxylic acids is 1. The Labute approximate surface area is 125 Å². The quantitative estimate of drug-likeness (QED) is 0.903. The molecule has 1 heterocycles. The number of nitrogens with one attached hydrogen (secondary N) is 1.